The molecule has 1 saturated heterocycles. The Balaban J connectivity index is 1.93. The molecule has 0 spiro atoms. The van der Waals surface area contributed by atoms with E-state index in [4.69, 9.17) is 4.74 Å². The van der Waals surface area contributed by atoms with Crippen LogP contribution in [0, 0.1) is 0 Å². The summed E-state index contributed by atoms with van der Waals surface area (Å²) in [5.41, 5.74) is 0. The van der Waals surface area contributed by atoms with Crippen LogP contribution in [0.25, 0.3) is 0 Å². The fourth-order valence-corrected chi connectivity index (χ4v) is 6.09. The van der Waals surface area contributed by atoms with E-state index in [2.05, 4.69) is 35.9 Å². The Morgan fingerprint density at radius 3 is 2.93 bits per heavy atom. The third-order valence-electron chi connectivity index (χ3n) is 2.68. The average Bonchev–Trinajstić information content (AvgIpc) is 2.16. The van der Waals surface area contributed by atoms with Gasteiger partial charge in [-0.15, -0.1) is 0 Å². The molecule has 2 nitrogen and oxygen atoms in total. The standard InChI is InChI=1S/C11H23INOS/c1-4-14-7-5-6-13-9(2)10-8-11(12-3)15-10/h9-11,13H,4-8H2,1-3H3/q-1/t9-,10+,11?/m0/s1. The molecule has 3 atom stereocenters. The second-order valence-corrected chi connectivity index (χ2v) is 8.87. The van der Waals surface area contributed by atoms with Crippen molar-refractivity contribution in [2.75, 3.05) is 24.7 Å². The van der Waals surface area contributed by atoms with Crippen LogP contribution in [-0.4, -0.2) is 39.2 Å². The van der Waals surface area contributed by atoms with Gasteiger partial charge in [-0.05, 0) is 0 Å². The predicted octanol–water partition coefficient (Wildman–Crippen LogP) is -1.06. The Morgan fingerprint density at radius 1 is 1.60 bits per heavy atom. The van der Waals surface area contributed by atoms with Gasteiger partial charge in [-0.3, -0.25) is 0 Å². The summed E-state index contributed by atoms with van der Waals surface area (Å²) in [6.07, 6.45) is 2.59. The van der Waals surface area contributed by atoms with Crippen LogP contribution in [0.2, 0.25) is 0 Å². The molecule has 0 bridgehead atoms. The first kappa shape index (κ1) is 14.1. The Kier molecular flexibility index (Phi) is 7.64. The number of hydrogen-bond acceptors (Lipinski definition) is 3. The van der Waals surface area contributed by atoms with Gasteiger partial charge in [0.05, 0.1) is 0 Å². The molecule has 1 heterocycles. The molecule has 1 rings (SSSR count). The normalized spacial score (nSPS) is 27.7. The minimum atomic E-state index is 0.472. The summed E-state index contributed by atoms with van der Waals surface area (Å²) >= 11 is 2.68. The van der Waals surface area contributed by atoms with E-state index in [0.29, 0.717) is 27.2 Å². The van der Waals surface area contributed by atoms with Crippen LogP contribution in [0.5, 0.6) is 0 Å². The van der Waals surface area contributed by atoms with Crippen molar-refractivity contribution >= 4 is 11.8 Å². The fraction of sp³-hybridized carbons (Fsp3) is 1.00. The molecule has 1 unspecified atom stereocenters. The molecule has 1 aliphatic rings. The van der Waals surface area contributed by atoms with Gasteiger partial charge in [0, 0.05) is 0 Å². The summed E-state index contributed by atoms with van der Waals surface area (Å²) < 4.78 is 6.35. The predicted molar refractivity (Wildman–Crippen MR) is 64.3 cm³/mol. The fourth-order valence-electron chi connectivity index (χ4n) is 1.60. The molecular formula is C11H23INOS-. The Hall–Kier alpha value is 1.00. The summed E-state index contributed by atoms with van der Waals surface area (Å²) in [6.45, 7) is 7.22. The molecule has 1 aliphatic heterocycles. The number of alkyl halides is 2. The molecule has 0 aromatic heterocycles. The van der Waals surface area contributed by atoms with Crippen LogP contribution in [0.15, 0.2) is 0 Å². The van der Waals surface area contributed by atoms with Crippen molar-refractivity contribution in [1.29, 1.82) is 0 Å². The van der Waals surface area contributed by atoms with Gasteiger partial charge < -0.3 is 0 Å². The van der Waals surface area contributed by atoms with Crippen molar-refractivity contribution in [1.82, 2.24) is 5.32 Å². The van der Waals surface area contributed by atoms with Crippen molar-refractivity contribution in [2.24, 2.45) is 0 Å². The van der Waals surface area contributed by atoms with E-state index in [1.807, 2.05) is 0 Å². The second-order valence-electron chi connectivity index (χ2n) is 3.83. The van der Waals surface area contributed by atoms with E-state index >= 15 is 0 Å². The van der Waals surface area contributed by atoms with Crippen LogP contribution in [0.1, 0.15) is 26.7 Å². The first-order chi connectivity index (χ1) is 7.27. The zero-order valence-electron chi connectivity index (χ0n) is 9.96. The van der Waals surface area contributed by atoms with Crippen molar-refractivity contribution in [3.8, 4) is 0 Å². The molecule has 1 N–H and O–H groups in total. The first-order valence-electron chi connectivity index (χ1n) is 5.72. The van der Waals surface area contributed by atoms with E-state index < -0.39 is 0 Å². The van der Waals surface area contributed by atoms with Crippen LogP contribution in [-0.2, 0) is 4.74 Å². The molecule has 4 heteroatoms. The van der Waals surface area contributed by atoms with E-state index in [1.54, 1.807) is 0 Å². The quantitative estimate of drug-likeness (QED) is 0.345. The molecular weight excluding hydrogens is 321 g/mol. The molecule has 0 saturated carbocycles. The third-order valence-corrected chi connectivity index (χ3v) is 8.09. The van der Waals surface area contributed by atoms with Crippen LogP contribution < -0.4 is 26.5 Å². The van der Waals surface area contributed by atoms with Gasteiger partial charge in [-0.1, -0.05) is 0 Å². The second kappa shape index (κ2) is 8.14. The Bertz CT molecular complexity index is 165. The van der Waals surface area contributed by atoms with Gasteiger partial charge in [-0.25, -0.2) is 0 Å². The van der Waals surface area contributed by atoms with Gasteiger partial charge in [-0.2, -0.15) is 0 Å². The Labute approximate surface area is 109 Å². The van der Waals surface area contributed by atoms with E-state index in [-0.39, 0.29) is 0 Å². The third kappa shape index (κ3) is 5.24. The SMILES string of the molecule is CCOCCCN[C@@H](C)[C@H]1CC([I-]C)S1. The number of rotatable bonds is 8. The van der Waals surface area contributed by atoms with Crippen molar-refractivity contribution in [3.05, 3.63) is 0 Å². The van der Waals surface area contributed by atoms with Gasteiger partial charge in [0.1, 0.15) is 0 Å². The van der Waals surface area contributed by atoms with E-state index in [9.17, 15) is 0 Å². The number of hydrogen-bond donors (Lipinski definition) is 1. The number of nitrogens with one attached hydrogen (secondary N) is 1. The summed E-state index contributed by atoms with van der Waals surface area (Å²) in [5.74, 6) is 0. The summed E-state index contributed by atoms with van der Waals surface area (Å²) in [6, 6.07) is 0.684. The van der Waals surface area contributed by atoms with E-state index in [1.165, 1.54) is 6.42 Å². The summed E-state index contributed by atoms with van der Waals surface area (Å²) in [5, 5.41) is 4.48. The van der Waals surface area contributed by atoms with Gasteiger partial charge in [0.15, 0.2) is 0 Å². The molecule has 92 valence electrons. The molecule has 0 aliphatic carbocycles. The molecule has 1 fully saturated rings. The number of thioether (sulfide) groups is 1. The number of halogens is 1. The first-order valence-corrected chi connectivity index (χ1v) is 10.1. The van der Waals surface area contributed by atoms with Crippen LogP contribution >= 0.6 is 11.8 Å². The number of ether oxygens (including phenoxy) is 1. The van der Waals surface area contributed by atoms with E-state index in [0.717, 1.165) is 34.7 Å². The maximum absolute atomic E-state index is 5.31. The minimum absolute atomic E-state index is 0.472. The topological polar surface area (TPSA) is 21.3 Å². The summed E-state index contributed by atoms with van der Waals surface area (Å²) in [7, 11) is 0. The zero-order valence-corrected chi connectivity index (χ0v) is 12.9. The molecule has 0 aromatic carbocycles. The molecule has 0 radical (unpaired) electrons. The van der Waals surface area contributed by atoms with Crippen molar-refractivity contribution < 1.29 is 25.9 Å². The summed E-state index contributed by atoms with van der Waals surface area (Å²) in [4.78, 5) is 2.40. The molecule has 15 heavy (non-hydrogen) atoms. The van der Waals surface area contributed by atoms with Crippen molar-refractivity contribution in [3.63, 3.8) is 0 Å². The van der Waals surface area contributed by atoms with Gasteiger partial charge in [0.2, 0.25) is 0 Å². The Morgan fingerprint density at radius 2 is 2.33 bits per heavy atom. The zero-order chi connectivity index (χ0) is 11.1. The maximum atomic E-state index is 5.31. The monoisotopic (exact) mass is 344 g/mol. The molecule has 0 amide bonds. The van der Waals surface area contributed by atoms with Gasteiger partial charge in [0.25, 0.3) is 0 Å². The van der Waals surface area contributed by atoms with Crippen molar-refractivity contribution in [2.45, 2.75) is 41.2 Å². The van der Waals surface area contributed by atoms with Gasteiger partial charge >= 0.3 is 109 Å². The average molecular weight is 344 g/mol. The van der Waals surface area contributed by atoms with Crippen LogP contribution in [0.3, 0.4) is 0 Å². The molecule has 0 aromatic rings. The van der Waals surface area contributed by atoms with Crippen LogP contribution in [0.4, 0.5) is 0 Å².